The van der Waals surface area contributed by atoms with Crippen LogP contribution in [0, 0.1) is 0 Å². The van der Waals surface area contributed by atoms with Crippen LogP contribution < -0.4 is 0 Å². The predicted octanol–water partition coefficient (Wildman–Crippen LogP) is 13.9. The first-order valence-corrected chi connectivity index (χ1v) is 20.8. The van der Waals surface area contributed by atoms with Crippen molar-refractivity contribution in [2.45, 2.75) is 0 Å². The van der Waals surface area contributed by atoms with E-state index >= 15 is 0 Å². The summed E-state index contributed by atoms with van der Waals surface area (Å²) >= 11 is 0. The number of furan rings is 2. The molecule has 8 aromatic carbocycles. The van der Waals surface area contributed by atoms with Gasteiger partial charge in [-0.3, -0.25) is 4.57 Å². The highest BCUT2D eigenvalue weighted by atomic mass is 16.3. The Bertz CT molecular complexity index is 3910. The van der Waals surface area contributed by atoms with Crippen molar-refractivity contribution >= 4 is 65.8 Å². The Labute approximate surface area is 359 Å². The van der Waals surface area contributed by atoms with Crippen molar-refractivity contribution in [1.82, 2.24) is 29.5 Å². The molecule has 8 nitrogen and oxygen atoms in total. The summed E-state index contributed by atoms with van der Waals surface area (Å²) in [6.45, 7) is 0. The Morgan fingerprint density at radius 3 is 1.71 bits per heavy atom. The Kier molecular flexibility index (Phi) is 7.74. The first-order valence-electron chi connectivity index (χ1n) is 20.8. The van der Waals surface area contributed by atoms with Crippen molar-refractivity contribution in [3.63, 3.8) is 0 Å². The summed E-state index contributed by atoms with van der Waals surface area (Å²) in [4.78, 5) is 25.7. The first-order chi connectivity index (χ1) is 31.2. The molecule has 0 saturated heterocycles. The summed E-state index contributed by atoms with van der Waals surface area (Å²) in [6, 6.07) is 65.9. The number of hydrogen-bond donors (Lipinski definition) is 0. The average molecular weight is 809 g/mol. The van der Waals surface area contributed by atoms with Crippen LogP contribution in [0.4, 0.5) is 0 Å². The number of nitrogens with zero attached hydrogens (tertiary/aromatic N) is 6. The topological polar surface area (TPSA) is 95.7 Å². The van der Waals surface area contributed by atoms with Crippen molar-refractivity contribution < 1.29 is 8.83 Å². The Hall–Kier alpha value is -8.75. The van der Waals surface area contributed by atoms with Crippen LogP contribution in [0.5, 0.6) is 0 Å². The summed E-state index contributed by atoms with van der Waals surface area (Å²) in [5.74, 6) is 2.26. The third kappa shape index (κ3) is 5.73. The molecule has 0 spiro atoms. The Balaban J connectivity index is 0.969. The normalized spacial score (nSPS) is 11.8. The lowest BCUT2D eigenvalue weighted by atomic mass is 10.0. The molecule has 5 heterocycles. The third-order valence-electron chi connectivity index (χ3n) is 11.9. The molecule has 0 bridgehead atoms. The zero-order valence-electron chi connectivity index (χ0n) is 33.5. The largest absolute Gasteiger partial charge is 0.456 e. The van der Waals surface area contributed by atoms with Crippen molar-refractivity contribution in [3.05, 3.63) is 194 Å². The van der Waals surface area contributed by atoms with Gasteiger partial charge in [0, 0.05) is 49.2 Å². The van der Waals surface area contributed by atoms with Gasteiger partial charge >= 0.3 is 0 Å². The molecular weight excluding hydrogens is 777 g/mol. The number of fused-ring (bicyclic) bond motifs is 9. The molecule has 63 heavy (non-hydrogen) atoms. The summed E-state index contributed by atoms with van der Waals surface area (Å²) in [7, 11) is 0. The lowest BCUT2D eigenvalue weighted by Gasteiger charge is -2.11. The number of hydrogen-bond acceptors (Lipinski definition) is 7. The average Bonchev–Trinajstić information content (AvgIpc) is 4.03. The minimum atomic E-state index is 0.536. The fourth-order valence-electron chi connectivity index (χ4n) is 8.87. The van der Waals surface area contributed by atoms with Crippen molar-refractivity contribution in [3.8, 4) is 62.5 Å². The zero-order valence-corrected chi connectivity index (χ0v) is 33.5. The van der Waals surface area contributed by atoms with E-state index < -0.39 is 0 Å². The van der Waals surface area contributed by atoms with Gasteiger partial charge in [0.15, 0.2) is 23.1 Å². The zero-order chi connectivity index (χ0) is 41.4. The van der Waals surface area contributed by atoms with E-state index in [9.17, 15) is 0 Å². The highest BCUT2D eigenvalue weighted by molar-refractivity contribution is 6.11. The van der Waals surface area contributed by atoms with Gasteiger partial charge in [-0.1, -0.05) is 140 Å². The minimum absolute atomic E-state index is 0.536. The summed E-state index contributed by atoms with van der Waals surface area (Å²) in [5, 5.41) is 5.10. The molecule has 0 amide bonds. The SMILES string of the molecule is c1ccc(-c2ccc3c4ccccc4n(-c4nc(-c5ccccc5)nc(-c5ccc6oc7cc(-c8nc(-c9ccccc9)c9oc%10ccccc%10c9n8)ccc7c6c5)n4)c3c2)cc1. The van der Waals surface area contributed by atoms with E-state index in [2.05, 4.69) is 89.5 Å². The third-order valence-corrected chi connectivity index (χ3v) is 11.9. The summed E-state index contributed by atoms with van der Waals surface area (Å²) in [6.07, 6.45) is 0. The van der Waals surface area contributed by atoms with Gasteiger partial charge in [-0.05, 0) is 65.7 Å². The molecule has 0 radical (unpaired) electrons. The van der Waals surface area contributed by atoms with E-state index in [4.69, 9.17) is 33.8 Å². The van der Waals surface area contributed by atoms with E-state index in [0.717, 1.165) is 99.3 Å². The van der Waals surface area contributed by atoms with Crippen LogP contribution in [0.25, 0.3) is 128 Å². The lowest BCUT2D eigenvalue weighted by Crippen LogP contribution is -2.06. The van der Waals surface area contributed by atoms with E-state index in [1.807, 2.05) is 109 Å². The molecule has 5 aromatic heterocycles. The molecule has 294 valence electrons. The number of para-hydroxylation sites is 2. The van der Waals surface area contributed by atoms with Gasteiger partial charge < -0.3 is 8.83 Å². The van der Waals surface area contributed by atoms with E-state index in [0.29, 0.717) is 29.0 Å². The molecule has 0 atom stereocenters. The molecular formula is C55H32N6O2. The fourth-order valence-corrected chi connectivity index (χ4v) is 8.87. The minimum Gasteiger partial charge on any atom is -0.456 e. The van der Waals surface area contributed by atoms with Gasteiger partial charge in [-0.15, -0.1) is 0 Å². The quantitative estimate of drug-likeness (QED) is 0.165. The highest BCUT2D eigenvalue weighted by Gasteiger charge is 2.21. The second kappa shape index (κ2) is 13.9. The van der Waals surface area contributed by atoms with Gasteiger partial charge in [-0.2, -0.15) is 9.97 Å². The van der Waals surface area contributed by atoms with Gasteiger partial charge in [0.25, 0.3) is 0 Å². The predicted molar refractivity (Wildman–Crippen MR) is 251 cm³/mol. The maximum Gasteiger partial charge on any atom is 0.238 e. The molecule has 8 heteroatoms. The van der Waals surface area contributed by atoms with E-state index in [1.165, 1.54) is 0 Å². The molecule has 0 N–H and O–H groups in total. The molecule has 13 aromatic rings. The number of benzene rings is 8. The van der Waals surface area contributed by atoms with Crippen molar-refractivity contribution in [2.24, 2.45) is 0 Å². The van der Waals surface area contributed by atoms with Crippen molar-refractivity contribution in [1.29, 1.82) is 0 Å². The van der Waals surface area contributed by atoms with Crippen LogP contribution >= 0.6 is 0 Å². The molecule has 0 saturated carbocycles. The maximum atomic E-state index is 6.55. The van der Waals surface area contributed by atoms with Crippen LogP contribution in [0.15, 0.2) is 203 Å². The van der Waals surface area contributed by atoms with Crippen molar-refractivity contribution in [2.75, 3.05) is 0 Å². The van der Waals surface area contributed by atoms with Crippen LogP contribution in [0.2, 0.25) is 0 Å². The number of aromatic nitrogens is 6. The molecule has 13 rings (SSSR count). The van der Waals surface area contributed by atoms with Gasteiger partial charge in [0.1, 0.15) is 28.0 Å². The van der Waals surface area contributed by atoms with Crippen LogP contribution in [0.1, 0.15) is 0 Å². The molecule has 0 aliphatic heterocycles. The molecule has 0 fully saturated rings. The molecule has 0 aliphatic carbocycles. The number of rotatable bonds is 6. The second-order valence-corrected chi connectivity index (χ2v) is 15.7. The monoisotopic (exact) mass is 808 g/mol. The standard InChI is InChI=1S/C55H32N6O2/c1-4-14-33(15-5-1)36-24-27-40-39-20-10-12-22-44(39)61(45(40)31-36)55-59-52(35-18-8-3-9-19-35)58-54(60-55)37-26-29-47-43(30-37)41-28-25-38(32-48(41)62-47)53-56-49(34-16-6-2-7-17-34)51-50(57-53)42-21-11-13-23-46(42)63-51/h1-32H. The van der Waals surface area contributed by atoms with E-state index in [-0.39, 0.29) is 0 Å². The maximum absolute atomic E-state index is 6.55. The summed E-state index contributed by atoms with van der Waals surface area (Å²) < 4.78 is 15.1. The van der Waals surface area contributed by atoms with E-state index in [1.54, 1.807) is 0 Å². The fraction of sp³-hybridized carbons (Fsp3) is 0. The molecule has 0 aliphatic rings. The smallest absolute Gasteiger partial charge is 0.238 e. The molecule has 0 unspecified atom stereocenters. The second-order valence-electron chi connectivity index (χ2n) is 15.7. The van der Waals surface area contributed by atoms with Crippen LogP contribution in [0.3, 0.4) is 0 Å². The lowest BCUT2D eigenvalue weighted by molar-refractivity contribution is 0.667. The summed E-state index contributed by atoms with van der Waals surface area (Å²) in [5.41, 5.74) is 12.2. The van der Waals surface area contributed by atoms with Crippen LogP contribution in [-0.2, 0) is 0 Å². The Morgan fingerprint density at radius 1 is 0.317 bits per heavy atom. The van der Waals surface area contributed by atoms with Gasteiger partial charge in [-0.25, -0.2) is 15.0 Å². The Morgan fingerprint density at radius 2 is 0.905 bits per heavy atom. The highest BCUT2D eigenvalue weighted by Crippen LogP contribution is 2.39. The van der Waals surface area contributed by atoms with Gasteiger partial charge in [0.2, 0.25) is 5.95 Å². The van der Waals surface area contributed by atoms with Gasteiger partial charge in [0.05, 0.1) is 11.0 Å². The van der Waals surface area contributed by atoms with Crippen LogP contribution in [-0.4, -0.2) is 29.5 Å². The first kappa shape index (κ1) is 35.0.